The van der Waals surface area contributed by atoms with Crippen molar-refractivity contribution in [1.29, 1.82) is 0 Å². The molecule has 0 aliphatic carbocycles. The third-order valence-electron chi connectivity index (χ3n) is 5.94. The normalized spacial score (nSPS) is 11.5. The highest BCUT2D eigenvalue weighted by Crippen LogP contribution is 2.25. The largest absolute Gasteiger partial charge is 0.494 e. The quantitative estimate of drug-likeness (QED) is 0.399. The number of hydrogen-bond acceptors (Lipinski definition) is 6. The number of aryl methyl sites for hydroxylation is 1. The van der Waals surface area contributed by atoms with Gasteiger partial charge in [0, 0.05) is 25.4 Å². The summed E-state index contributed by atoms with van der Waals surface area (Å²) in [6.45, 7) is 0. The minimum atomic E-state index is -0.616. The van der Waals surface area contributed by atoms with E-state index in [9.17, 15) is 19.5 Å². The Kier molecular flexibility index (Phi) is 5.17. The van der Waals surface area contributed by atoms with Gasteiger partial charge in [0.2, 0.25) is 11.7 Å². The number of rotatable bonds is 4. The number of aromatic hydroxyl groups is 1. The molecule has 0 aliphatic heterocycles. The highest BCUT2D eigenvalue weighted by molar-refractivity contribution is 7.98. The third kappa shape index (κ3) is 3.18. The number of imidazole rings is 1. The first kappa shape index (κ1) is 21.8. The molecule has 0 unspecified atom stereocenters. The maximum absolute atomic E-state index is 13.7. The van der Waals surface area contributed by atoms with Crippen molar-refractivity contribution in [2.24, 2.45) is 14.1 Å². The predicted molar refractivity (Wildman–Crippen MR) is 131 cm³/mol. The summed E-state index contributed by atoms with van der Waals surface area (Å²) < 4.78 is 4.81. The number of hydrogen-bond donors (Lipinski definition) is 1. The zero-order valence-corrected chi connectivity index (χ0v) is 19.5. The molecule has 1 N–H and O–H groups in total. The van der Waals surface area contributed by atoms with E-state index in [2.05, 4.69) is 4.98 Å². The lowest BCUT2D eigenvalue weighted by molar-refractivity contribution is 0.437. The predicted octanol–water partition coefficient (Wildman–Crippen LogP) is 2.05. The lowest BCUT2D eigenvalue weighted by atomic mass is 10.1. The Morgan fingerprint density at radius 2 is 1.59 bits per heavy atom. The van der Waals surface area contributed by atoms with Gasteiger partial charge in [0.25, 0.3) is 11.1 Å². The van der Waals surface area contributed by atoms with Gasteiger partial charge in [-0.1, -0.05) is 30.3 Å². The van der Waals surface area contributed by atoms with Gasteiger partial charge in [-0.3, -0.25) is 18.7 Å². The average Bonchev–Trinajstić information content (AvgIpc) is 3.26. The van der Waals surface area contributed by atoms with Gasteiger partial charge in [-0.05, 0) is 36.1 Å². The molecule has 9 nitrogen and oxygen atoms in total. The Bertz CT molecular complexity index is 1750. The first-order chi connectivity index (χ1) is 16.3. The Balaban J connectivity index is 1.97. The fourth-order valence-electron chi connectivity index (χ4n) is 4.11. The minimum absolute atomic E-state index is 0.0147. The zero-order chi connectivity index (χ0) is 24.1. The molecule has 0 amide bonds. The van der Waals surface area contributed by atoms with Crippen LogP contribution in [0.3, 0.4) is 0 Å². The highest BCUT2D eigenvalue weighted by Gasteiger charge is 2.25. The fraction of sp³-hybridized carbons (Fsp3) is 0.167. The van der Waals surface area contributed by atoms with Gasteiger partial charge >= 0.3 is 5.69 Å². The lowest BCUT2D eigenvalue weighted by Gasteiger charge is -2.14. The molecule has 0 saturated heterocycles. The summed E-state index contributed by atoms with van der Waals surface area (Å²) in [6, 6.07) is 16.6. The molecule has 172 valence electrons. The number of benzene rings is 2. The van der Waals surface area contributed by atoms with E-state index in [0.29, 0.717) is 5.69 Å². The van der Waals surface area contributed by atoms with Crippen LogP contribution in [0.5, 0.6) is 5.88 Å². The maximum Gasteiger partial charge on any atom is 0.332 e. The molecule has 5 aromatic rings. The molecule has 0 saturated carbocycles. The molecule has 0 aliphatic rings. The average molecular weight is 476 g/mol. The van der Waals surface area contributed by atoms with Gasteiger partial charge in [-0.15, -0.1) is 11.8 Å². The van der Waals surface area contributed by atoms with E-state index in [4.69, 9.17) is 0 Å². The number of thioether (sulfide) groups is 1. The van der Waals surface area contributed by atoms with E-state index < -0.39 is 16.8 Å². The van der Waals surface area contributed by atoms with Gasteiger partial charge in [0.1, 0.15) is 0 Å². The van der Waals surface area contributed by atoms with Crippen LogP contribution < -0.4 is 16.8 Å². The van der Waals surface area contributed by atoms with E-state index in [1.165, 1.54) is 27.6 Å². The van der Waals surface area contributed by atoms with Gasteiger partial charge in [0.15, 0.2) is 11.2 Å². The molecule has 0 atom stereocenters. The molecule has 5 rings (SSSR count). The van der Waals surface area contributed by atoms with Crippen LogP contribution in [0.2, 0.25) is 0 Å². The van der Waals surface area contributed by atoms with Gasteiger partial charge in [-0.25, -0.2) is 13.8 Å². The summed E-state index contributed by atoms with van der Waals surface area (Å²) in [4.78, 5) is 44.8. The van der Waals surface area contributed by atoms with E-state index in [1.54, 1.807) is 23.9 Å². The van der Waals surface area contributed by atoms with Crippen molar-refractivity contribution in [2.75, 3.05) is 6.26 Å². The van der Waals surface area contributed by atoms with Crippen LogP contribution in [0.4, 0.5) is 0 Å². The zero-order valence-electron chi connectivity index (χ0n) is 18.7. The van der Waals surface area contributed by atoms with Crippen LogP contribution in [-0.4, -0.2) is 34.4 Å². The molecule has 3 aromatic heterocycles. The van der Waals surface area contributed by atoms with E-state index in [-0.39, 0.29) is 34.8 Å². The molecule has 0 bridgehead atoms. The number of aromatic nitrogens is 5. The first-order valence-electron chi connectivity index (χ1n) is 10.5. The summed E-state index contributed by atoms with van der Waals surface area (Å²) in [5.74, 6) is -0.330. The second-order valence-electron chi connectivity index (χ2n) is 7.93. The molecule has 10 heteroatoms. The smallest absolute Gasteiger partial charge is 0.332 e. The molecular weight excluding hydrogens is 454 g/mol. The second-order valence-corrected chi connectivity index (χ2v) is 8.81. The fourth-order valence-corrected chi connectivity index (χ4v) is 4.52. The standard InChI is InChI=1S/C24H21N5O4S/c1-26-19-18(22(32)27(2)24(26)33)29-21(31)17(13-14-7-5-4-6-8-14)20(30)28(23(29)25-19)15-9-11-16(34-3)12-10-15/h4-12,31H,13H2,1-3H3. The Morgan fingerprint density at radius 1 is 0.912 bits per heavy atom. The van der Waals surface area contributed by atoms with Crippen molar-refractivity contribution in [3.05, 3.63) is 96.9 Å². The second kappa shape index (κ2) is 8.07. The maximum atomic E-state index is 13.7. The van der Waals surface area contributed by atoms with E-state index in [1.807, 2.05) is 48.7 Å². The van der Waals surface area contributed by atoms with Gasteiger partial charge < -0.3 is 5.11 Å². The van der Waals surface area contributed by atoms with Crippen LogP contribution in [0.25, 0.3) is 22.6 Å². The molecule has 0 fully saturated rings. The first-order valence-corrected chi connectivity index (χ1v) is 11.7. The SMILES string of the molecule is CSc1ccc(-n2c(=O)c(Cc3ccccc3)c(O)n3c4c(=O)n(C)c(=O)n(C)c4nc23)cc1. The number of fused-ring (bicyclic) bond motifs is 3. The number of nitrogens with zero attached hydrogens (tertiary/aromatic N) is 5. The summed E-state index contributed by atoms with van der Waals surface area (Å²) in [5.41, 5.74) is -0.0686. The topological polar surface area (TPSA) is 104 Å². The van der Waals surface area contributed by atoms with Crippen molar-refractivity contribution in [3.8, 4) is 11.6 Å². The summed E-state index contributed by atoms with van der Waals surface area (Å²) in [5, 5.41) is 11.3. The van der Waals surface area contributed by atoms with Crippen LogP contribution in [0.15, 0.2) is 73.9 Å². The van der Waals surface area contributed by atoms with Gasteiger partial charge in [0.05, 0.1) is 11.3 Å². The Hall–Kier alpha value is -4.05. The molecule has 0 radical (unpaired) electrons. The molecule has 3 heterocycles. The summed E-state index contributed by atoms with van der Waals surface area (Å²) in [7, 11) is 2.86. The lowest BCUT2D eigenvalue weighted by Crippen LogP contribution is -2.37. The van der Waals surface area contributed by atoms with Crippen molar-refractivity contribution >= 4 is 28.7 Å². The Labute approximate surface area is 197 Å². The summed E-state index contributed by atoms with van der Waals surface area (Å²) >= 11 is 1.57. The van der Waals surface area contributed by atoms with Crippen molar-refractivity contribution < 1.29 is 5.11 Å². The summed E-state index contributed by atoms with van der Waals surface area (Å²) in [6.07, 6.45) is 2.10. The minimum Gasteiger partial charge on any atom is -0.494 e. The molecule has 34 heavy (non-hydrogen) atoms. The molecule has 2 aromatic carbocycles. The molecular formula is C24H21N5O4S. The van der Waals surface area contributed by atoms with Gasteiger partial charge in [-0.2, -0.15) is 4.98 Å². The van der Waals surface area contributed by atoms with Crippen LogP contribution in [0, 0.1) is 0 Å². The monoisotopic (exact) mass is 475 g/mol. The van der Waals surface area contributed by atoms with Crippen LogP contribution in [-0.2, 0) is 20.5 Å². The van der Waals surface area contributed by atoms with E-state index in [0.717, 1.165) is 15.0 Å². The van der Waals surface area contributed by atoms with Crippen molar-refractivity contribution in [2.45, 2.75) is 11.3 Å². The van der Waals surface area contributed by atoms with Crippen LogP contribution in [0.1, 0.15) is 11.1 Å². The van der Waals surface area contributed by atoms with Crippen LogP contribution >= 0.6 is 11.8 Å². The highest BCUT2D eigenvalue weighted by atomic mass is 32.2. The molecule has 0 spiro atoms. The van der Waals surface area contributed by atoms with Crippen molar-refractivity contribution in [1.82, 2.24) is 23.1 Å². The third-order valence-corrected chi connectivity index (χ3v) is 6.68. The van der Waals surface area contributed by atoms with E-state index >= 15 is 0 Å². The Morgan fingerprint density at radius 3 is 2.24 bits per heavy atom. The van der Waals surface area contributed by atoms with Crippen molar-refractivity contribution in [3.63, 3.8) is 0 Å².